The maximum absolute atomic E-state index is 13.7. The number of aryl methyl sites for hydroxylation is 2. The lowest BCUT2D eigenvalue weighted by atomic mass is 10.1. The van der Waals surface area contributed by atoms with Crippen molar-refractivity contribution in [1.29, 1.82) is 0 Å². The molecule has 2 aromatic carbocycles. The van der Waals surface area contributed by atoms with E-state index in [4.69, 9.17) is 0 Å². The molecule has 5 heteroatoms. The Morgan fingerprint density at radius 1 is 1.22 bits per heavy atom. The van der Waals surface area contributed by atoms with Gasteiger partial charge in [0.25, 0.3) is 0 Å². The van der Waals surface area contributed by atoms with Gasteiger partial charge in [0.2, 0.25) is 0 Å². The Bertz CT molecular complexity index is 793. The molecule has 1 N–H and O–H groups in total. The smallest absolute Gasteiger partial charge is 0.321 e. The fourth-order valence-electron chi connectivity index (χ4n) is 3.60. The topological polar surface area (TPSA) is 35.6 Å². The molecule has 4 nitrogen and oxygen atoms in total. The van der Waals surface area contributed by atoms with Gasteiger partial charge < -0.3 is 10.2 Å². The van der Waals surface area contributed by atoms with E-state index in [0.717, 1.165) is 43.6 Å². The van der Waals surface area contributed by atoms with E-state index in [9.17, 15) is 9.18 Å². The minimum absolute atomic E-state index is 0.149. The molecule has 0 bridgehead atoms. The molecule has 0 aromatic heterocycles. The number of urea groups is 1. The summed E-state index contributed by atoms with van der Waals surface area (Å²) in [5, 5.41) is 3.01. The van der Waals surface area contributed by atoms with Gasteiger partial charge in [-0.15, -0.1) is 0 Å². The minimum atomic E-state index is -0.301. The van der Waals surface area contributed by atoms with Crippen molar-refractivity contribution in [3.8, 4) is 0 Å². The predicted octanol–water partition coefficient (Wildman–Crippen LogP) is 4.51. The number of fused-ring (bicyclic) bond motifs is 1. The molecule has 0 unspecified atom stereocenters. The lowest BCUT2D eigenvalue weighted by Gasteiger charge is -2.26. The van der Waals surface area contributed by atoms with Crippen molar-refractivity contribution in [2.75, 3.05) is 36.0 Å². The predicted molar refractivity (Wildman–Crippen MR) is 109 cm³/mol. The Kier molecular flexibility index (Phi) is 6.32. The van der Waals surface area contributed by atoms with E-state index in [1.807, 2.05) is 0 Å². The van der Waals surface area contributed by atoms with Crippen LogP contribution in [0.25, 0.3) is 0 Å². The van der Waals surface area contributed by atoms with Crippen molar-refractivity contribution >= 4 is 17.4 Å². The second kappa shape index (κ2) is 8.89. The zero-order valence-electron chi connectivity index (χ0n) is 16.2. The molecule has 27 heavy (non-hydrogen) atoms. The fraction of sp³-hybridized carbons (Fsp3) is 0.409. The molecule has 0 saturated carbocycles. The van der Waals surface area contributed by atoms with Crippen molar-refractivity contribution < 1.29 is 9.18 Å². The van der Waals surface area contributed by atoms with Crippen molar-refractivity contribution in [2.45, 2.75) is 33.1 Å². The van der Waals surface area contributed by atoms with Crippen LogP contribution in [0.5, 0.6) is 0 Å². The molecule has 0 saturated heterocycles. The first kappa shape index (κ1) is 19.2. The second-order valence-corrected chi connectivity index (χ2v) is 7.03. The average Bonchev–Trinajstić information content (AvgIpc) is 2.87. The van der Waals surface area contributed by atoms with E-state index in [0.29, 0.717) is 18.8 Å². The summed E-state index contributed by atoms with van der Waals surface area (Å²) in [6.45, 7) is 6.96. The summed E-state index contributed by atoms with van der Waals surface area (Å²) in [5.74, 6) is -0.301. The quantitative estimate of drug-likeness (QED) is 0.841. The highest BCUT2D eigenvalue weighted by molar-refractivity contribution is 5.93. The highest BCUT2D eigenvalue weighted by Crippen LogP contribution is 2.27. The number of hydrogen-bond acceptors (Lipinski definition) is 2. The van der Waals surface area contributed by atoms with Gasteiger partial charge in [0, 0.05) is 31.9 Å². The first-order valence-corrected chi connectivity index (χ1v) is 9.74. The molecule has 2 aromatic rings. The van der Waals surface area contributed by atoms with Gasteiger partial charge in [-0.25, -0.2) is 9.18 Å². The Morgan fingerprint density at radius 2 is 2.07 bits per heavy atom. The van der Waals surface area contributed by atoms with Gasteiger partial charge in [0.1, 0.15) is 5.82 Å². The molecular formula is C22H28FN3O. The molecule has 0 aliphatic carbocycles. The summed E-state index contributed by atoms with van der Waals surface area (Å²) in [6.07, 6.45) is 2.82. The van der Waals surface area contributed by atoms with Crippen molar-refractivity contribution in [3.05, 3.63) is 59.4 Å². The Hall–Kier alpha value is -2.56. The third kappa shape index (κ3) is 4.79. The standard InChI is InChI=1S/C22H28FN3O/c1-3-25(20-9-6-7-17(2)15-20)14-12-24-22(27)26-13-5-4-8-18-10-11-19(23)16-21(18)26/h6-7,9-11,15-16H,3-5,8,12-14H2,1-2H3,(H,24,27). The summed E-state index contributed by atoms with van der Waals surface area (Å²) in [6, 6.07) is 13.0. The zero-order chi connectivity index (χ0) is 19.2. The van der Waals surface area contributed by atoms with Gasteiger partial charge in [-0.2, -0.15) is 0 Å². The first-order chi connectivity index (χ1) is 13.1. The van der Waals surface area contributed by atoms with Crippen LogP contribution in [0, 0.1) is 12.7 Å². The summed E-state index contributed by atoms with van der Waals surface area (Å²) >= 11 is 0. The SMILES string of the molecule is CCN(CCNC(=O)N1CCCCc2ccc(F)cc21)c1cccc(C)c1. The van der Waals surface area contributed by atoms with E-state index in [2.05, 4.69) is 48.3 Å². The number of benzene rings is 2. The number of hydrogen-bond donors (Lipinski definition) is 1. The minimum Gasteiger partial charge on any atom is -0.370 e. The van der Waals surface area contributed by atoms with Gasteiger partial charge in [-0.3, -0.25) is 4.90 Å². The summed E-state index contributed by atoms with van der Waals surface area (Å²) in [7, 11) is 0. The van der Waals surface area contributed by atoms with Crippen molar-refractivity contribution in [3.63, 3.8) is 0 Å². The summed E-state index contributed by atoms with van der Waals surface area (Å²) in [4.78, 5) is 16.7. The molecule has 3 rings (SSSR count). The first-order valence-electron chi connectivity index (χ1n) is 9.74. The van der Waals surface area contributed by atoms with E-state index in [-0.39, 0.29) is 11.8 Å². The van der Waals surface area contributed by atoms with E-state index in [1.54, 1.807) is 11.0 Å². The molecule has 2 amide bonds. The number of rotatable bonds is 5. The van der Waals surface area contributed by atoms with Gasteiger partial charge in [0.05, 0.1) is 5.69 Å². The number of likely N-dealkylation sites (N-methyl/N-ethyl adjacent to an activating group) is 1. The van der Waals surface area contributed by atoms with Crippen LogP contribution in [-0.2, 0) is 6.42 Å². The van der Waals surface area contributed by atoms with Crippen LogP contribution in [0.3, 0.4) is 0 Å². The van der Waals surface area contributed by atoms with Crippen LogP contribution < -0.4 is 15.1 Å². The molecule has 0 fully saturated rings. The van der Waals surface area contributed by atoms with Crippen LogP contribution in [0.4, 0.5) is 20.6 Å². The molecule has 1 aliphatic heterocycles. The van der Waals surface area contributed by atoms with Gasteiger partial charge in [-0.05, 0) is 68.5 Å². The lowest BCUT2D eigenvalue weighted by Crippen LogP contribution is -2.43. The van der Waals surface area contributed by atoms with Crippen LogP contribution >= 0.6 is 0 Å². The molecule has 1 aliphatic rings. The summed E-state index contributed by atoms with van der Waals surface area (Å²) < 4.78 is 13.7. The monoisotopic (exact) mass is 369 g/mol. The molecule has 0 atom stereocenters. The number of carbonyl (C=O) groups excluding carboxylic acids is 1. The zero-order valence-corrected chi connectivity index (χ0v) is 16.2. The number of halogens is 1. The Morgan fingerprint density at radius 3 is 2.85 bits per heavy atom. The number of nitrogens with zero attached hydrogens (tertiary/aromatic N) is 2. The van der Waals surface area contributed by atoms with Gasteiger partial charge in [0.15, 0.2) is 0 Å². The molecule has 144 valence electrons. The second-order valence-electron chi connectivity index (χ2n) is 7.03. The van der Waals surface area contributed by atoms with E-state index < -0.39 is 0 Å². The third-order valence-corrected chi connectivity index (χ3v) is 5.07. The highest BCUT2D eigenvalue weighted by Gasteiger charge is 2.21. The molecular weight excluding hydrogens is 341 g/mol. The Balaban J connectivity index is 1.63. The van der Waals surface area contributed by atoms with E-state index in [1.165, 1.54) is 17.7 Å². The van der Waals surface area contributed by atoms with Crippen molar-refractivity contribution in [1.82, 2.24) is 5.32 Å². The largest absolute Gasteiger partial charge is 0.370 e. The fourth-order valence-corrected chi connectivity index (χ4v) is 3.60. The molecule has 0 spiro atoms. The number of amides is 2. The number of anilines is 2. The van der Waals surface area contributed by atoms with Crippen LogP contribution in [-0.4, -0.2) is 32.2 Å². The molecule has 0 radical (unpaired) electrons. The highest BCUT2D eigenvalue weighted by atomic mass is 19.1. The maximum Gasteiger partial charge on any atom is 0.321 e. The van der Waals surface area contributed by atoms with Crippen molar-refractivity contribution in [2.24, 2.45) is 0 Å². The Labute approximate surface area is 161 Å². The molecule has 1 heterocycles. The van der Waals surface area contributed by atoms with Crippen LogP contribution in [0.15, 0.2) is 42.5 Å². The lowest BCUT2D eigenvalue weighted by molar-refractivity contribution is 0.246. The average molecular weight is 369 g/mol. The van der Waals surface area contributed by atoms with Gasteiger partial charge >= 0.3 is 6.03 Å². The third-order valence-electron chi connectivity index (χ3n) is 5.07. The number of nitrogens with one attached hydrogen (secondary N) is 1. The van der Waals surface area contributed by atoms with Crippen LogP contribution in [0.2, 0.25) is 0 Å². The van der Waals surface area contributed by atoms with Crippen LogP contribution in [0.1, 0.15) is 30.9 Å². The van der Waals surface area contributed by atoms with E-state index >= 15 is 0 Å². The maximum atomic E-state index is 13.7. The summed E-state index contributed by atoms with van der Waals surface area (Å²) in [5.41, 5.74) is 4.13. The number of carbonyl (C=O) groups is 1. The van der Waals surface area contributed by atoms with Gasteiger partial charge in [-0.1, -0.05) is 18.2 Å². The normalized spacial score (nSPS) is 13.7.